The molecule has 3 amide bonds. The van der Waals surface area contributed by atoms with Crippen LogP contribution in [0, 0.1) is 20.8 Å². The van der Waals surface area contributed by atoms with Gasteiger partial charge in [0.1, 0.15) is 17.7 Å². The third-order valence-electron chi connectivity index (χ3n) is 6.54. The zero-order valence-electron chi connectivity index (χ0n) is 22.8. The number of alkyl carbamates (subject to hydrolysis) is 1. The number of anilines is 1. The lowest BCUT2D eigenvalue weighted by molar-refractivity contribution is -0.145. The van der Waals surface area contributed by atoms with Gasteiger partial charge in [-0.25, -0.2) is 4.79 Å². The number of ether oxygens (including phenoxy) is 1. The van der Waals surface area contributed by atoms with E-state index in [2.05, 4.69) is 10.6 Å². The zero-order chi connectivity index (χ0) is 27.5. The van der Waals surface area contributed by atoms with Crippen LogP contribution >= 0.6 is 11.6 Å². The van der Waals surface area contributed by atoms with Crippen molar-refractivity contribution < 1.29 is 19.1 Å². The predicted molar refractivity (Wildman–Crippen MR) is 147 cm³/mol. The van der Waals surface area contributed by atoms with Crippen molar-refractivity contribution >= 4 is 35.2 Å². The number of amides is 3. The van der Waals surface area contributed by atoms with Gasteiger partial charge in [0, 0.05) is 6.04 Å². The molecule has 200 valence electrons. The van der Waals surface area contributed by atoms with Crippen molar-refractivity contribution in [1.29, 1.82) is 0 Å². The quantitative estimate of drug-likeness (QED) is 0.446. The molecule has 1 aliphatic rings. The van der Waals surface area contributed by atoms with Gasteiger partial charge >= 0.3 is 6.09 Å². The Morgan fingerprint density at radius 2 is 1.73 bits per heavy atom. The van der Waals surface area contributed by atoms with Gasteiger partial charge < -0.3 is 20.3 Å². The number of nitrogens with zero attached hydrogens (tertiary/aromatic N) is 1. The molecule has 0 bridgehead atoms. The van der Waals surface area contributed by atoms with Gasteiger partial charge in [0.25, 0.3) is 5.91 Å². The summed E-state index contributed by atoms with van der Waals surface area (Å²) in [5, 5.41) is 6.07. The van der Waals surface area contributed by atoms with Crippen LogP contribution in [-0.4, -0.2) is 40.5 Å². The second-order valence-electron chi connectivity index (χ2n) is 10.9. The van der Waals surface area contributed by atoms with E-state index in [1.807, 2.05) is 51.1 Å². The molecule has 0 heterocycles. The first-order valence-corrected chi connectivity index (χ1v) is 13.1. The van der Waals surface area contributed by atoms with E-state index in [-0.39, 0.29) is 17.9 Å². The Morgan fingerprint density at radius 1 is 1.05 bits per heavy atom. The summed E-state index contributed by atoms with van der Waals surface area (Å²) < 4.78 is 5.35. The molecule has 1 fully saturated rings. The summed E-state index contributed by atoms with van der Waals surface area (Å²) in [7, 11) is 0. The number of halogens is 1. The van der Waals surface area contributed by atoms with E-state index in [1.165, 1.54) is 0 Å². The van der Waals surface area contributed by atoms with Crippen LogP contribution in [0.1, 0.15) is 75.3 Å². The molecule has 2 aromatic rings. The highest BCUT2D eigenvalue weighted by Crippen LogP contribution is 2.36. The summed E-state index contributed by atoms with van der Waals surface area (Å²) in [5.41, 5.74) is 3.34. The third kappa shape index (κ3) is 7.04. The van der Waals surface area contributed by atoms with Crippen molar-refractivity contribution in [3.8, 4) is 0 Å². The fraction of sp³-hybridized carbons (Fsp3) is 0.483. The largest absolute Gasteiger partial charge is 0.444 e. The summed E-state index contributed by atoms with van der Waals surface area (Å²) in [6.45, 7) is 12.7. The Labute approximate surface area is 224 Å². The summed E-state index contributed by atoms with van der Waals surface area (Å²) in [4.78, 5) is 42.0. The van der Waals surface area contributed by atoms with Gasteiger partial charge in [-0.3, -0.25) is 9.59 Å². The van der Waals surface area contributed by atoms with Crippen LogP contribution in [0.2, 0.25) is 5.02 Å². The molecule has 0 radical (unpaired) electrons. The first-order chi connectivity index (χ1) is 17.3. The molecular formula is C29H38ClN3O4. The lowest BCUT2D eigenvalue weighted by atomic mass is 9.87. The van der Waals surface area contributed by atoms with E-state index in [4.69, 9.17) is 16.3 Å². The molecule has 1 saturated carbocycles. The Morgan fingerprint density at radius 3 is 2.27 bits per heavy atom. The molecule has 2 unspecified atom stereocenters. The molecule has 0 saturated heterocycles. The summed E-state index contributed by atoms with van der Waals surface area (Å²) >= 11 is 6.42. The number of para-hydroxylation sites is 1. The lowest BCUT2D eigenvalue weighted by Gasteiger charge is -2.43. The average Bonchev–Trinajstić information content (AvgIpc) is 2.74. The molecule has 0 spiro atoms. The Balaban J connectivity index is 2.02. The van der Waals surface area contributed by atoms with Gasteiger partial charge in [-0.2, -0.15) is 0 Å². The van der Waals surface area contributed by atoms with Gasteiger partial charge in [-0.1, -0.05) is 47.5 Å². The van der Waals surface area contributed by atoms with Crippen molar-refractivity contribution in [2.24, 2.45) is 0 Å². The van der Waals surface area contributed by atoms with E-state index in [0.29, 0.717) is 10.7 Å². The minimum atomic E-state index is -0.906. The molecule has 7 nitrogen and oxygen atoms in total. The molecule has 0 aliphatic heterocycles. The number of benzene rings is 2. The fourth-order valence-electron chi connectivity index (χ4n) is 4.48. The third-order valence-corrected chi connectivity index (χ3v) is 6.86. The number of hydrogen-bond donors (Lipinski definition) is 2. The van der Waals surface area contributed by atoms with E-state index < -0.39 is 23.8 Å². The fourth-order valence-corrected chi connectivity index (χ4v) is 4.75. The van der Waals surface area contributed by atoms with E-state index in [9.17, 15) is 14.4 Å². The van der Waals surface area contributed by atoms with Crippen LogP contribution < -0.4 is 10.6 Å². The number of hydrogen-bond acceptors (Lipinski definition) is 4. The molecule has 2 atom stereocenters. The second-order valence-corrected chi connectivity index (χ2v) is 11.3. The highest BCUT2D eigenvalue weighted by molar-refractivity contribution is 6.34. The average molecular weight is 528 g/mol. The Hall–Kier alpha value is -3.06. The first kappa shape index (κ1) is 28.5. The van der Waals surface area contributed by atoms with E-state index >= 15 is 0 Å². The van der Waals surface area contributed by atoms with Crippen LogP contribution in [-0.2, 0) is 14.3 Å². The minimum Gasteiger partial charge on any atom is -0.444 e. The van der Waals surface area contributed by atoms with Crippen molar-refractivity contribution in [2.75, 3.05) is 5.32 Å². The number of nitrogens with one attached hydrogen (secondary N) is 2. The summed E-state index contributed by atoms with van der Waals surface area (Å²) in [6, 6.07) is 9.34. The maximum Gasteiger partial charge on any atom is 0.408 e. The smallest absolute Gasteiger partial charge is 0.408 e. The zero-order valence-corrected chi connectivity index (χ0v) is 23.5. The molecular weight excluding hydrogens is 490 g/mol. The molecule has 0 aromatic heterocycles. The summed E-state index contributed by atoms with van der Waals surface area (Å²) in [5.74, 6) is -0.695. The van der Waals surface area contributed by atoms with Crippen molar-refractivity contribution in [2.45, 2.75) is 91.5 Å². The van der Waals surface area contributed by atoms with Gasteiger partial charge in [0.2, 0.25) is 5.91 Å². The standard InChI is InChI=1S/C29H38ClN3O4/c1-17-14-15-22(19(3)16-17)25(26(34)32-24-18(2)10-8-13-23(24)30)33(21-11-9-12-21)27(35)20(4)31-28(36)37-29(5,6)7/h8,10,13-16,20-21,25H,9,11-12H2,1-7H3,(H,31,36)(H,32,34). The normalized spacial score (nSPS) is 15.2. The topological polar surface area (TPSA) is 87.7 Å². The predicted octanol–water partition coefficient (Wildman–Crippen LogP) is 6.24. The number of carbonyl (C=O) groups excluding carboxylic acids is 3. The van der Waals surface area contributed by atoms with Crippen LogP contribution in [0.5, 0.6) is 0 Å². The maximum atomic E-state index is 14.0. The van der Waals surface area contributed by atoms with Crippen LogP contribution in [0.3, 0.4) is 0 Å². The molecule has 1 aliphatic carbocycles. The van der Waals surface area contributed by atoms with Gasteiger partial charge in [0.15, 0.2) is 0 Å². The van der Waals surface area contributed by atoms with Crippen molar-refractivity contribution in [3.05, 3.63) is 63.7 Å². The number of aryl methyl sites for hydroxylation is 3. The maximum absolute atomic E-state index is 14.0. The number of carbonyl (C=O) groups is 3. The molecule has 8 heteroatoms. The van der Waals surface area contributed by atoms with Crippen LogP contribution in [0.25, 0.3) is 0 Å². The van der Waals surface area contributed by atoms with Crippen molar-refractivity contribution in [3.63, 3.8) is 0 Å². The van der Waals surface area contributed by atoms with Gasteiger partial charge in [-0.15, -0.1) is 0 Å². The van der Waals surface area contributed by atoms with Crippen LogP contribution in [0.15, 0.2) is 36.4 Å². The SMILES string of the molecule is Cc1ccc(C(C(=O)Nc2c(C)cccc2Cl)N(C(=O)C(C)NC(=O)OC(C)(C)C)C2CCC2)c(C)c1. The number of rotatable bonds is 7. The minimum absolute atomic E-state index is 0.126. The van der Waals surface area contributed by atoms with Gasteiger partial charge in [-0.05, 0) is 90.5 Å². The molecule has 2 N–H and O–H groups in total. The van der Waals surface area contributed by atoms with Crippen LogP contribution in [0.4, 0.5) is 10.5 Å². The summed E-state index contributed by atoms with van der Waals surface area (Å²) in [6.07, 6.45) is 1.85. The van der Waals surface area contributed by atoms with E-state index in [1.54, 1.807) is 38.7 Å². The first-order valence-electron chi connectivity index (χ1n) is 12.7. The monoisotopic (exact) mass is 527 g/mol. The molecule has 37 heavy (non-hydrogen) atoms. The molecule has 3 rings (SSSR count). The lowest BCUT2D eigenvalue weighted by Crippen LogP contribution is -2.56. The Bertz CT molecular complexity index is 1150. The van der Waals surface area contributed by atoms with Gasteiger partial charge in [0.05, 0.1) is 10.7 Å². The second kappa shape index (κ2) is 11.5. The van der Waals surface area contributed by atoms with E-state index in [0.717, 1.165) is 41.5 Å². The highest BCUT2D eigenvalue weighted by Gasteiger charge is 2.41. The molecule has 2 aromatic carbocycles. The highest BCUT2D eigenvalue weighted by atomic mass is 35.5. The Kier molecular flexibility index (Phi) is 8.90. The van der Waals surface area contributed by atoms with Crippen molar-refractivity contribution in [1.82, 2.24) is 10.2 Å².